The van der Waals surface area contributed by atoms with Gasteiger partial charge in [-0.05, 0) is 19.3 Å². The van der Waals surface area contributed by atoms with Gasteiger partial charge in [0, 0.05) is 12.1 Å². The fourth-order valence-corrected chi connectivity index (χ4v) is 1.48. The summed E-state index contributed by atoms with van der Waals surface area (Å²) in [7, 11) is 0. The monoisotopic (exact) mass is 220 g/mol. The van der Waals surface area contributed by atoms with E-state index in [-0.39, 0.29) is 11.7 Å². The summed E-state index contributed by atoms with van der Waals surface area (Å²) < 4.78 is 5.37. The number of carbonyl (C=O) groups excluding carboxylic acids is 1. The third-order valence-electron chi connectivity index (χ3n) is 2.50. The van der Waals surface area contributed by atoms with Gasteiger partial charge in [-0.2, -0.15) is 0 Å². The van der Waals surface area contributed by atoms with E-state index in [2.05, 4.69) is 9.97 Å². The Morgan fingerprint density at radius 1 is 1.50 bits per heavy atom. The topological polar surface area (TPSA) is 52.1 Å². The lowest BCUT2D eigenvalue weighted by molar-refractivity contribution is -0.119. The number of nitrogens with zero attached hydrogens (tertiary/aromatic N) is 2. The molecule has 1 aromatic rings. The molecule has 2 rings (SSSR count). The average molecular weight is 220 g/mol. The summed E-state index contributed by atoms with van der Waals surface area (Å²) in [6.07, 6.45) is 6.63. The van der Waals surface area contributed by atoms with E-state index in [0.717, 1.165) is 19.3 Å². The molecule has 0 N–H and O–H groups in total. The van der Waals surface area contributed by atoms with Crippen molar-refractivity contribution in [1.29, 1.82) is 0 Å². The molecular formula is C12H16N2O2. The van der Waals surface area contributed by atoms with Crippen molar-refractivity contribution < 1.29 is 9.53 Å². The van der Waals surface area contributed by atoms with E-state index < -0.39 is 0 Å². The van der Waals surface area contributed by atoms with E-state index in [0.29, 0.717) is 24.6 Å². The van der Waals surface area contributed by atoms with Crippen LogP contribution in [-0.2, 0) is 11.2 Å². The van der Waals surface area contributed by atoms with Crippen molar-refractivity contribution in [3.63, 3.8) is 0 Å². The highest BCUT2D eigenvalue weighted by Gasteiger charge is 2.29. The van der Waals surface area contributed by atoms with Crippen molar-refractivity contribution in [1.82, 2.24) is 9.97 Å². The second-order valence-corrected chi connectivity index (χ2v) is 4.11. The van der Waals surface area contributed by atoms with E-state index in [1.54, 1.807) is 12.4 Å². The number of rotatable bonds is 6. The highest BCUT2D eigenvalue weighted by molar-refractivity contribution is 5.84. The Morgan fingerprint density at radius 3 is 3.00 bits per heavy atom. The minimum Gasteiger partial charge on any atom is -0.477 e. The maximum atomic E-state index is 11.6. The van der Waals surface area contributed by atoms with Crippen molar-refractivity contribution in [3.8, 4) is 5.88 Å². The molecule has 0 bridgehead atoms. The summed E-state index contributed by atoms with van der Waals surface area (Å²) in [4.78, 5) is 19.9. The summed E-state index contributed by atoms with van der Waals surface area (Å²) in [5, 5.41) is 0. The summed E-state index contributed by atoms with van der Waals surface area (Å²) in [6.45, 7) is 2.67. The molecule has 1 heterocycles. The predicted molar refractivity (Wildman–Crippen MR) is 59.3 cm³/mol. The molecule has 1 saturated carbocycles. The van der Waals surface area contributed by atoms with Crippen LogP contribution in [0.3, 0.4) is 0 Å². The van der Waals surface area contributed by atoms with E-state index in [1.807, 2.05) is 6.92 Å². The summed E-state index contributed by atoms with van der Waals surface area (Å²) >= 11 is 0. The first-order valence-electron chi connectivity index (χ1n) is 5.76. The van der Waals surface area contributed by atoms with Crippen molar-refractivity contribution in [2.24, 2.45) is 5.92 Å². The van der Waals surface area contributed by atoms with Crippen LogP contribution in [0.25, 0.3) is 0 Å². The van der Waals surface area contributed by atoms with Gasteiger partial charge in [-0.25, -0.2) is 4.98 Å². The normalized spacial score (nSPS) is 14.8. The lowest BCUT2D eigenvalue weighted by atomic mass is 10.1. The largest absolute Gasteiger partial charge is 0.477 e. The molecule has 0 unspecified atom stereocenters. The highest BCUT2D eigenvalue weighted by atomic mass is 16.5. The Bertz CT molecular complexity index is 375. The van der Waals surface area contributed by atoms with Crippen LogP contribution in [0.2, 0.25) is 0 Å². The second kappa shape index (κ2) is 5.05. The van der Waals surface area contributed by atoms with Crippen LogP contribution in [0, 0.1) is 5.92 Å². The molecule has 0 aromatic carbocycles. The standard InChI is InChI=1S/C12H16N2O2/c1-2-5-16-12-8-13-7-10(14-12)6-11(15)9-3-4-9/h7-9H,2-6H2,1H3. The Kier molecular flexibility index (Phi) is 3.49. The molecule has 0 aliphatic heterocycles. The molecule has 1 fully saturated rings. The average Bonchev–Trinajstić information content (AvgIpc) is 3.10. The zero-order valence-electron chi connectivity index (χ0n) is 9.48. The molecule has 1 aromatic heterocycles. The van der Waals surface area contributed by atoms with Crippen LogP contribution in [0.1, 0.15) is 31.9 Å². The van der Waals surface area contributed by atoms with Gasteiger partial charge in [0.05, 0.1) is 24.9 Å². The summed E-state index contributed by atoms with van der Waals surface area (Å²) in [5.74, 6) is 1.08. The fourth-order valence-electron chi connectivity index (χ4n) is 1.48. The molecule has 0 amide bonds. The van der Waals surface area contributed by atoms with Gasteiger partial charge in [0.25, 0.3) is 0 Å². The third-order valence-corrected chi connectivity index (χ3v) is 2.50. The fraction of sp³-hybridized carbons (Fsp3) is 0.583. The van der Waals surface area contributed by atoms with Gasteiger partial charge in [-0.15, -0.1) is 0 Å². The highest BCUT2D eigenvalue weighted by Crippen LogP contribution is 2.30. The second-order valence-electron chi connectivity index (χ2n) is 4.11. The van der Waals surface area contributed by atoms with Crippen LogP contribution in [0.4, 0.5) is 0 Å². The maximum absolute atomic E-state index is 11.6. The Labute approximate surface area is 95.1 Å². The first-order valence-corrected chi connectivity index (χ1v) is 5.76. The van der Waals surface area contributed by atoms with Gasteiger partial charge in [0.1, 0.15) is 5.78 Å². The van der Waals surface area contributed by atoms with Gasteiger partial charge in [0.2, 0.25) is 5.88 Å². The molecule has 1 aliphatic carbocycles. The number of ether oxygens (including phenoxy) is 1. The lowest BCUT2D eigenvalue weighted by Gasteiger charge is -2.04. The van der Waals surface area contributed by atoms with Gasteiger partial charge < -0.3 is 4.74 Å². The van der Waals surface area contributed by atoms with E-state index in [1.165, 1.54) is 0 Å². The predicted octanol–water partition coefficient (Wildman–Crippen LogP) is 1.79. The molecule has 0 radical (unpaired) electrons. The van der Waals surface area contributed by atoms with Crippen molar-refractivity contribution in [2.45, 2.75) is 32.6 Å². The molecule has 16 heavy (non-hydrogen) atoms. The SMILES string of the molecule is CCCOc1cncc(CC(=O)C2CC2)n1. The number of hydrogen-bond acceptors (Lipinski definition) is 4. The molecule has 0 saturated heterocycles. The van der Waals surface area contributed by atoms with Gasteiger partial charge in [-0.3, -0.25) is 9.78 Å². The molecule has 86 valence electrons. The van der Waals surface area contributed by atoms with E-state index >= 15 is 0 Å². The lowest BCUT2D eigenvalue weighted by Crippen LogP contribution is -2.08. The number of aromatic nitrogens is 2. The van der Waals surface area contributed by atoms with Crippen LogP contribution in [0.15, 0.2) is 12.4 Å². The summed E-state index contributed by atoms with van der Waals surface area (Å²) in [5.41, 5.74) is 0.713. The van der Waals surface area contributed by atoms with Gasteiger partial charge in [0.15, 0.2) is 0 Å². The summed E-state index contributed by atoms with van der Waals surface area (Å²) in [6, 6.07) is 0. The first-order chi connectivity index (χ1) is 7.79. The minimum atomic E-state index is 0.280. The van der Waals surface area contributed by atoms with Gasteiger partial charge >= 0.3 is 0 Å². The molecule has 0 spiro atoms. The first kappa shape index (κ1) is 11.0. The quantitative estimate of drug-likeness (QED) is 0.733. The van der Waals surface area contributed by atoms with Crippen LogP contribution >= 0.6 is 0 Å². The number of ketones is 1. The van der Waals surface area contributed by atoms with Crippen LogP contribution < -0.4 is 4.74 Å². The Morgan fingerprint density at radius 2 is 2.31 bits per heavy atom. The minimum absolute atomic E-state index is 0.280. The van der Waals surface area contributed by atoms with Gasteiger partial charge in [-0.1, -0.05) is 6.92 Å². The Hall–Kier alpha value is -1.45. The zero-order valence-corrected chi connectivity index (χ0v) is 9.48. The molecule has 0 atom stereocenters. The van der Waals surface area contributed by atoms with Crippen molar-refractivity contribution >= 4 is 5.78 Å². The van der Waals surface area contributed by atoms with Crippen LogP contribution in [-0.4, -0.2) is 22.4 Å². The number of Topliss-reactive ketones (excluding diaryl/α,β-unsaturated/α-hetero) is 1. The number of hydrogen-bond donors (Lipinski definition) is 0. The maximum Gasteiger partial charge on any atom is 0.232 e. The van der Waals surface area contributed by atoms with Crippen LogP contribution in [0.5, 0.6) is 5.88 Å². The molecular weight excluding hydrogens is 204 g/mol. The zero-order chi connectivity index (χ0) is 11.4. The Balaban J connectivity index is 1.95. The van der Waals surface area contributed by atoms with E-state index in [9.17, 15) is 4.79 Å². The smallest absolute Gasteiger partial charge is 0.232 e. The van der Waals surface area contributed by atoms with E-state index in [4.69, 9.17) is 4.74 Å². The molecule has 4 heteroatoms. The van der Waals surface area contributed by atoms with Crippen molar-refractivity contribution in [3.05, 3.63) is 18.1 Å². The van der Waals surface area contributed by atoms with Crippen molar-refractivity contribution in [2.75, 3.05) is 6.61 Å². The third kappa shape index (κ3) is 3.02. The molecule has 1 aliphatic rings. The number of carbonyl (C=O) groups is 1. The molecule has 4 nitrogen and oxygen atoms in total.